The third kappa shape index (κ3) is 4.11. The predicted molar refractivity (Wildman–Crippen MR) is 115 cm³/mol. The second-order valence-corrected chi connectivity index (χ2v) is 9.93. The molecule has 0 heterocycles. The van der Waals surface area contributed by atoms with E-state index in [1.165, 1.54) is 49.7 Å². The standard InChI is InChI=1S/C26H32N2O/c29-24(28-18-26-14-19-11-20(15-26)13-21(12-19)16-26)17-27-25(22-7-3-1-4-8-22)23-9-5-2-6-10-23/h1-10,19-21,25,27H,11-18H2,(H,28,29)/p+1. The Morgan fingerprint density at radius 1 is 0.862 bits per heavy atom. The molecular formula is C26H33N2O+. The summed E-state index contributed by atoms with van der Waals surface area (Å²) in [4.78, 5) is 12.8. The molecule has 0 unspecified atom stereocenters. The van der Waals surface area contributed by atoms with Crippen LogP contribution in [0.3, 0.4) is 0 Å². The van der Waals surface area contributed by atoms with E-state index in [4.69, 9.17) is 0 Å². The number of carbonyl (C=O) groups is 1. The van der Waals surface area contributed by atoms with E-state index in [9.17, 15) is 4.79 Å². The second kappa shape index (κ2) is 7.95. The third-order valence-corrected chi connectivity index (χ3v) is 7.68. The van der Waals surface area contributed by atoms with Gasteiger partial charge in [-0.25, -0.2) is 0 Å². The molecule has 1 amide bonds. The van der Waals surface area contributed by atoms with Crippen LogP contribution in [0.15, 0.2) is 60.7 Å². The molecule has 6 rings (SSSR count). The van der Waals surface area contributed by atoms with Crippen molar-refractivity contribution < 1.29 is 10.1 Å². The second-order valence-electron chi connectivity index (χ2n) is 9.93. The molecule has 152 valence electrons. The van der Waals surface area contributed by atoms with Crippen LogP contribution in [0, 0.1) is 23.2 Å². The van der Waals surface area contributed by atoms with Crippen LogP contribution in [0.25, 0.3) is 0 Å². The Morgan fingerprint density at radius 2 is 1.34 bits per heavy atom. The smallest absolute Gasteiger partial charge is 0.275 e. The highest BCUT2D eigenvalue weighted by molar-refractivity contribution is 5.76. The number of carbonyl (C=O) groups excluding carboxylic acids is 1. The van der Waals surface area contributed by atoms with Crippen molar-refractivity contribution in [2.75, 3.05) is 13.1 Å². The van der Waals surface area contributed by atoms with Crippen molar-refractivity contribution in [1.82, 2.24) is 5.32 Å². The van der Waals surface area contributed by atoms with Crippen LogP contribution in [0.2, 0.25) is 0 Å². The van der Waals surface area contributed by atoms with E-state index >= 15 is 0 Å². The van der Waals surface area contributed by atoms with Gasteiger partial charge in [-0.15, -0.1) is 0 Å². The van der Waals surface area contributed by atoms with Gasteiger partial charge in [0.2, 0.25) is 0 Å². The quantitative estimate of drug-likeness (QED) is 0.746. The Labute approximate surface area is 174 Å². The van der Waals surface area contributed by atoms with Gasteiger partial charge in [0.05, 0.1) is 0 Å². The van der Waals surface area contributed by atoms with Gasteiger partial charge >= 0.3 is 0 Å². The molecular weight excluding hydrogens is 356 g/mol. The van der Waals surface area contributed by atoms with Gasteiger partial charge < -0.3 is 10.6 Å². The van der Waals surface area contributed by atoms with Crippen molar-refractivity contribution in [1.29, 1.82) is 0 Å². The number of nitrogens with two attached hydrogens (primary N) is 1. The van der Waals surface area contributed by atoms with Crippen LogP contribution >= 0.6 is 0 Å². The minimum atomic E-state index is 0.155. The van der Waals surface area contributed by atoms with Crippen molar-refractivity contribution in [3.05, 3.63) is 71.8 Å². The van der Waals surface area contributed by atoms with Crippen LogP contribution in [-0.4, -0.2) is 19.0 Å². The minimum absolute atomic E-state index is 0.155. The van der Waals surface area contributed by atoms with E-state index in [2.05, 4.69) is 59.2 Å². The maximum absolute atomic E-state index is 12.8. The molecule has 0 aromatic heterocycles. The summed E-state index contributed by atoms with van der Waals surface area (Å²) in [6.45, 7) is 1.37. The summed E-state index contributed by atoms with van der Waals surface area (Å²) in [5.41, 5.74) is 2.89. The van der Waals surface area contributed by atoms with Gasteiger partial charge in [0.1, 0.15) is 6.04 Å². The number of nitrogens with one attached hydrogen (secondary N) is 1. The van der Waals surface area contributed by atoms with Crippen molar-refractivity contribution in [2.45, 2.75) is 44.6 Å². The van der Waals surface area contributed by atoms with Crippen LogP contribution in [0.4, 0.5) is 0 Å². The summed E-state index contributed by atoms with van der Waals surface area (Å²) in [5.74, 6) is 2.98. The maximum atomic E-state index is 12.8. The number of rotatable bonds is 7. The largest absolute Gasteiger partial charge is 0.351 e. The molecule has 3 nitrogen and oxygen atoms in total. The zero-order valence-corrected chi connectivity index (χ0v) is 17.2. The highest BCUT2D eigenvalue weighted by atomic mass is 16.1. The monoisotopic (exact) mass is 389 g/mol. The summed E-state index contributed by atoms with van der Waals surface area (Å²) in [7, 11) is 0. The van der Waals surface area contributed by atoms with Crippen LogP contribution in [0.1, 0.15) is 55.7 Å². The summed E-state index contributed by atoms with van der Waals surface area (Å²) < 4.78 is 0. The van der Waals surface area contributed by atoms with Gasteiger partial charge in [-0.2, -0.15) is 0 Å². The van der Waals surface area contributed by atoms with E-state index in [1.807, 2.05) is 12.1 Å². The number of hydrogen-bond donors (Lipinski definition) is 2. The first kappa shape index (κ1) is 18.9. The summed E-state index contributed by atoms with van der Waals surface area (Å²) in [6, 6.07) is 21.2. The fourth-order valence-electron chi connectivity index (χ4n) is 6.88. The first-order valence-corrected chi connectivity index (χ1v) is 11.4. The first-order chi connectivity index (χ1) is 14.2. The summed E-state index contributed by atoms with van der Waals surface area (Å²) >= 11 is 0. The Kier molecular flexibility index (Phi) is 5.17. The molecule has 0 aliphatic heterocycles. The van der Waals surface area contributed by atoms with Crippen LogP contribution in [-0.2, 0) is 4.79 Å². The van der Waals surface area contributed by atoms with E-state index < -0.39 is 0 Å². The lowest BCUT2D eigenvalue weighted by Gasteiger charge is -2.56. The zero-order chi connectivity index (χ0) is 19.7. The molecule has 4 fully saturated rings. The average Bonchev–Trinajstić information content (AvgIpc) is 2.73. The molecule has 0 spiro atoms. The highest BCUT2D eigenvalue weighted by Crippen LogP contribution is 2.59. The molecule has 4 bridgehead atoms. The highest BCUT2D eigenvalue weighted by Gasteiger charge is 2.50. The molecule has 0 saturated heterocycles. The van der Waals surface area contributed by atoms with E-state index in [0.717, 1.165) is 24.3 Å². The lowest BCUT2D eigenvalue weighted by atomic mass is 9.49. The van der Waals surface area contributed by atoms with E-state index in [1.54, 1.807) is 0 Å². The van der Waals surface area contributed by atoms with Gasteiger partial charge in [-0.1, -0.05) is 60.7 Å². The first-order valence-electron chi connectivity index (χ1n) is 11.4. The van der Waals surface area contributed by atoms with Crippen LogP contribution in [0.5, 0.6) is 0 Å². The van der Waals surface area contributed by atoms with E-state index in [0.29, 0.717) is 12.0 Å². The van der Waals surface area contributed by atoms with Crippen molar-refractivity contribution in [3.8, 4) is 0 Å². The minimum Gasteiger partial charge on any atom is -0.351 e. The van der Waals surface area contributed by atoms with Gasteiger partial charge in [0.15, 0.2) is 6.54 Å². The van der Waals surface area contributed by atoms with Gasteiger partial charge in [-0.05, 0) is 61.7 Å². The SMILES string of the molecule is O=C(C[NH2+]C(c1ccccc1)c1ccccc1)NCC12CC3CC(CC(C3)C1)C2. The summed E-state index contributed by atoms with van der Waals surface area (Å²) in [5, 5.41) is 5.51. The zero-order valence-electron chi connectivity index (χ0n) is 17.2. The van der Waals surface area contributed by atoms with Crippen molar-refractivity contribution in [3.63, 3.8) is 0 Å². The normalized spacial score (nSPS) is 29.9. The molecule has 2 aromatic rings. The fraction of sp³-hybridized carbons (Fsp3) is 0.500. The molecule has 4 aliphatic carbocycles. The van der Waals surface area contributed by atoms with E-state index in [-0.39, 0.29) is 11.9 Å². The predicted octanol–water partition coefficient (Wildman–Crippen LogP) is 3.67. The molecule has 29 heavy (non-hydrogen) atoms. The number of amides is 1. The Hall–Kier alpha value is -2.13. The number of quaternary nitrogens is 1. The molecule has 4 saturated carbocycles. The topological polar surface area (TPSA) is 45.7 Å². The van der Waals surface area contributed by atoms with Crippen molar-refractivity contribution >= 4 is 5.91 Å². The molecule has 0 atom stereocenters. The molecule has 4 aliphatic rings. The summed E-state index contributed by atoms with van der Waals surface area (Å²) in [6.07, 6.45) is 8.41. The van der Waals surface area contributed by atoms with Crippen LogP contribution < -0.4 is 10.6 Å². The average molecular weight is 390 g/mol. The third-order valence-electron chi connectivity index (χ3n) is 7.68. The maximum Gasteiger partial charge on any atom is 0.275 e. The van der Waals surface area contributed by atoms with Gasteiger partial charge in [0, 0.05) is 17.7 Å². The Bertz CT molecular complexity index is 758. The molecule has 0 radical (unpaired) electrons. The molecule has 3 N–H and O–H groups in total. The Balaban J connectivity index is 1.20. The molecule has 3 heteroatoms. The van der Waals surface area contributed by atoms with Gasteiger partial charge in [0.25, 0.3) is 5.91 Å². The van der Waals surface area contributed by atoms with Gasteiger partial charge in [-0.3, -0.25) is 4.79 Å². The lowest BCUT2D eigenvalue weighted by molar-refractivity contribution is -0.676. The van der Waals surface area contributed by atoms with Crippen molar-refractivity contribution in [2.24, 2.45) is 23.2 Å². The number of benzene rings is 2. The molecule has 2 aromatic carbocycles. The lowest BCUT2D eigenvalue weighted by Crippen LogP contribution is -2.87. The fourth-order valence-corrected chi connectivity index (χ4v) is 6.88. The number of hydrogen-bond acceptors (Lipinski definition) is 1. The Morgan fingerprint density at radius 3 is 1.83 bits per heavy atom.